The molecular weight excluding hydrogens is 364 g/mol. The van der Waals surface area contributed by atoms with Gasteiger partial charge in [-0.15, -0.1) is 0 Å². The molecule has 7 heteroatoms. The molecule has 0 radical (unpaired) electrons. The van der Waals surface area contributed by atoms with Crippen molar-refractivity contribution in [2.24, 2.45) is 0 Å². The highest BCUT2D eigenvalue weighted by molar-refractivity contribution is 7.89. The lowest BCUT2D eigenvalue weighted by molar-refractivity contribution is -0.115. The molecule has 0 aliphatic carbocycles. The normalized spacial score (nSPS) is 11.7. The first-order valence-corrected chi connectivity index (χ1v) is 10.0. The zero-order valence-corrected chi connectivity index (χ0v) is 16.5. The van der Waals surface area contributed by atoms with Crippen molar-refractivity contribution in [1.82, 2.24) is 4.72 Å². The van der Waals surface area contributed by atoms with Gasteiger partial charge in [-0.25, -0.2) is 13.1 Å². The summed E-state index contributed by atoms with van der Waals surface area (Å²) in [6.45, 7) is 5.71. The van der Waals surface area contributed by atoms with Crippen LogP contribution < -0.4 is 10.0 Å². The fourth-order valence-corrected chi connectivity index (χ4v) is 3.97. The third kappa shape index (κ3) is 3.74. The number of amides is 1. The summed E-state index contributed by atoms with van der Waals surface area (Å²) in [5.74, 6) is -0.243. The van der Waals surface area contributed by atoms with Gasteiger partial charge < -0.3 is 9.73 Å². The zero-order valence-electron chi connectivity index (χ0n) is 15.7. The predicted molar refractivity (Wildman–Crippen MR) is 105 cm³/mol. The van der Waals surface area contributed by atoms with E-state index >= 15 is 0 Å². The van der Waals surface area contributed by atoms with Crippen LogP contribution in [-0.4, -0.2) is 21.4 Å². The molecule has 2 aromatic carbocycles. The molecule has 3 aromatic rings. The first-order chi connectivity index (χ1) is 12.7. The molecule has 2 N–H and O–H groups in total. The lowest BCUT2D eigenvalue weighted by atomic mass is 10.0. The molecular formula is C20H22N2O4S. The molecule has 6 nitrogen and oxygen atoms in total. The first kappa shape index (κ1) is 19.1. The molecule has 0 fully saturated rings. The van der Waals surface area contributed by atoms with Gasteiger partial charge >= 0.3 is 0 Å². The number of hydrogen-bond acceptors (Lipinski definition) is 4. The van der Waals surface area contributed by atoms with E-state index < -0.39 is 10.0 Å². The van der Waals surface area contributed by atoms with Crippen molar-refractivity contribution in [3.05, 3.63) is 58.8 Å². The molecule has 1 heterocycles. The van der Waals surface area contributed by atoms with Crippen LogP contribution in [0.15, 0.2) is 45.9 Å². The number of furan rings is 1. The molecule has 142 valence electrons. The molecule has 27 heavy (non-hydrogen) atoms. The molecule has 1 aromatic heterocycles. The van der Waals surface area contributed by atoms with Gasteiger partial charge in [0.15, 0.2) is 0 Å². The lowest BCUT2D eigenvalue weighted by Crippen LogP contribution is -2.20. The number of fused-ring (bicyclic) bond motifs is 1. The summed E-state index contributed by atoms with van der Waals surface area (Å²) in [5.41, 5.74) is 4.80. The minimum Gasteiger partial charge on any atom is -0.464 e. The molecule has 0 saturated heterocycles. The number of anilines is 1. The average Bonchev–Trinajstić information content (AvgIpc) is 3.03. The number of sulfonamides is 1. The van der Waals surface area contributed by atoms with Crippen molar-refractivity contribution in [2.75, 3.05) is 12.4 Å². The Morgan fingerprint density at radius 3 is 2.48 bits per heavy atom. The molecule has 0 spiro atoms. The van der Waals surface area contributed by atoms with Gasteiger partial charge in [0.1, 0.15) is 5.58 Å². The Bertz CT molecular complexity index is 1130. The van der Waals surface area contributed by atoms with Crippen molar-refractivity contribution >= 4 is 32.6 Å². The molecule has 3 rings (SSSR count). The Labute approximate surface area is 158 Å². The third-order valence-electron chi connectivity index (χ3n) is 4.72. The van der Waals surface area contributed by atoms with Crippen LogP contribution in [0, 0.1) is 20.8 Å². The number of benzene rings is 2. The molecule has 0 saturated carbocycles. The van der Waals surface area contributed by atoms with E-state index in [4.69, 9.17) is 4.42 Å². The van der Waals surface area contributed by atoms with E-state index in [2.05, 4.69) is 10.0 Å². The van der Waals surface area contributed by atoms with Crippen LogP contribution in [0.3, 0.4) is 0 Å². The Hall–Kier alpha value is -2.64. The summed E-state index contributed by atoms with van der Waals surface area (Å²) < 4.78 is 32.1. The van der Waals surface area contributed by atoms with Crippen molar-refractivity contribution in [3.8, 4) is 0 Å². The van der Waals surface area contributed by atoms with E-state index in [0.717, 1.165) is 27.7 Å². The summed E-state index contributed by atoms with van der Waals surface area (Å²) in [7, 11) is -2.24. The summed E-state index contributed by atoms with van der Waals surface area (Å²) in [6.07, 6.45) is 1.74. The van der Waals surface area contributed by atoms with Crippen LogP contribution in [0.2, 0.25) is 0 Å². The van der Waals surface area contributed by atoms with Gasteiger partial charge in [0.2, 0.25) is 15.9 Å². The monoisotopic (exact) mass is 386 g/mol. The van der Waals surface area contributed by atoms with Gasteiger partial charge in [-0.05, 0) is 56.6 Å². The van der Waals surface area contributed by atoms with Crippen LogP contribution >= 0.6 is 0 Å². The molecule has 0 atom stereocenters. The number of hydrogen-bond donors (Lipinski definition) is 2. The van der Waals surface area contributed by atoms with E-state index in [1.165, 1.54) is 13.1 Å². The van der Waals surface area contributed by atoms with Crippen LogP contribution in [-0.2, 0) is 21.2 Å². The second-order valence-electron chi connectivity index (χ2n) is 6.56. The highest BCUT2D eigenvalue weighted by Crippen LogP contribution is 2.27. The smallest absolute Gasteiger partial charge is 0.240 e. The average molecular weight is 386 g/mol. The molecule has 0 bridgehead atoms. The number of nitrogens with one attached hydrogen (secondary N) is 2. The summed E-state index contributed by atoms with van der Waals surface area (Å²) in [4.78, 5) is 12.6. The second-order valence-corrected chi connectivity index (χ2v) is 8.41. The Balaban J connectivity index is 1.83. The van der Waals surface area contributed by atoms with Crippen LogP contribution in [0.25, 0.3) is 11.0 Å². The van der Waals surface area contributed by atoms with E-state index in [0.29, 0.717) is 11.3 Å². The quantitative estimate of drug-likeness (QED) is 0.703. The van der Waals surface area contributed by atoms with E-state index in [1.54, 1.807) is 25.3 Å². The molecule has 0 aliphatic rings. The SMILES string of the molecule is CNS(=O)(=O)c1cc(NC(=O)Cc2coc3c(C)c(C)ccc23)ccc1C. The zero-order chi connectivity index (χ0) is 19.8. The van der Waals surface area contributed by atoms with Gasteiger partial charge in [0, 0.05) is 16.6 Å². The Morgan fingerprint density at radius 2 is 1.78 bits per heavy atom. The van der Waals surface area contributed by atoms with Gasteiger partial charge in [0.25, 0.3) is 0 Å². The van der Waals surface area contributed by atoms with Gasteiger partial charge in [0.05, 0.1) is 17.6 Å². The van der Waals surface area contributed by atoms with Crippen LogP contribution in [0.4, 0.5) is 5.69 Å². The second kappa shape index (κ2) is 7.17. The first-order valence-electron chi connectivity index (χ1n) is 8.53. The number of carbonyl (C=O) groups is 1. The topological polar surface area (TPSA) is 88.4 Å². The van der Waals surface area contributed by atoms with E-state index in [9.17, 15) is 13.2 Å². The molecule has 0 aliphatic heterocycles. The molecule has 1 amide bonds. The number of rotatable bonds is 5. The fourth-order valence-electron chi connectivity index (χ4n) is 2.98. The minimum absolute atomic E-state index is 0.136. The minimum atomic E-state index is -3.59. The van der Waals surface area contributed by atoms with Crippen molar-refractivity contribution in [2.45, 2.75) is 32.1 Å². The highest BCUT2D eigenvalue weighted by Gasteiger charge is 2.17. The van der Waals surface area contributed by atoms with Gasteiger partial charge in [-0.1, -0.05) is 18.2 Å². The highest BCUT2D eigenvalue weighted by atomic mass is 32.2. The fraction of sp³-hybridized carbons (Fsp3) is 0.250. The summed E-state index contributed by atoms with van der Waals surface area (Å²) >= 11 is 0. The van der Waals surface area contributed by atoms with Crippen LogP contribution in [0.5, 0.6) is 0 Å². The van der Waals surface area contributed by atoms with Crippen molar-refractivity contribution in [1.29, 1.82) is 0 Å². The third-order valence-corrected chi connectivity index (χ3v) is 6.28. The number of aryl methyl sites for hydroxylation is 3. The largest absolute Gasteiger partial charge is 0.464 e. The maximum atomic E-state index is 12.5. The number of carbonyl (C=O) groups excluding carboxylic acids is 1. The van der Waals surface area contributed by atoms with E-state index in [1.807, 2.05) is 26.0 Å². The van der Waals surface area contributed by atoms with Gasteiger partial charge in [-0.2, -0.15) is 0 Å². The van der Waals surface area contributed by atoms with E-state index in [-0.39, 0.29) is 17.2 Å². The maximum Gasteiger partial charge on any atom is 0.240 e. The van der Waals surface area contributed by atoms with Gasteiger partial charge in [-0.3, -0.25) is 4.79 Å². The lowest BCUT2D eigenvalue weighted by Gasteiger charge is -2.10. The summed E-state index contributed by atoms with van der Waals surface area (Å²) in [6, 6.07) is 8.76. The Kier molecular flexibility index (Phi) is 5.08. The standard InChI is InChI=1S/C20H22N2O4S/c1-12-6-8-17-15(11-26-20(17)14(12)3)9-19(23)22-16-7-5-13(2)18(10-16)27(24,25)21-4/h5-8,10-11,21H,9H2,1-4H3,(H,22,23). The maximum absolute atomic E-state index is 12.5. The Morgan fingerprint density at radius 1 is 1.07 bits per heavy atom. The van der Waals surface area contributed by atoms with Crippen molar-refractivity contribution in [3.63, 3.8) is 0 Å². The predicted octanol–water partition coefficient (Wildman–Crippen LogP) is 3.45. The molecule has 0 unspecified atom stereocenters. The van der Waals surface area contributed by atoms with Crippen molar-refractivity contribution < 1.29 is 17.6 Å². The summed E-state index contributed by atoms with van der Waals surface area (Å²) in [5, 5.41) is 3.67. The van der Waals surface area contributed by atoms with Crippen LogP contribution in [0.1, 0.15) is 22.3 Å².